The monoisotopic (exact) mass is 490 g/mol. The van der Waals surface area contributed by atoms with Gasteiger partial charge in [0.05, 0.1) is 13.0 Å². The number of hydrogen-bond donors (Lipinski definition) is 3. The summed E-state index contributed by atoms with van der Waals surface area (Å²) in [6, 6.07) is 10.7. The molecule has 1 aromatic heterocycles. The van der Waals surface area contributed by atoms with Gasteiger partial charge in [-0.2, -0.15) is 0 Å². The number of amidine groups is 1. The van der Waals surface area contributed by atoms with Gasteiger partial charge in [0.15, 0.2) is 0 Å². The van der Waals surface area contributed by atoms with Crippen molar-refractivity contribution in [2.24, 2.45) is 11.7 Å². The average Bonchev–Trinajstić information content (AvgIpc) is 2.90. The number of ether oxygens (including phenoxy) is 1. The molecule has 2 atom stereocenters. The van der Waals surface area contributed by atoms with Crippen LogP contribution in [0.4, 0.5) is 0 Å². The number of aromatic nitrogens is 1. The van der Waals surface area contributed by atoms with Crippen LogP contribution in [0.1, 0.15) is 36.0 Å². The number of benzene rings is 1. The predicted molar refractivity (Wildman–Crippen MR) is 142 cm³/mol. The molecule has 1 aromatic carbocycles. The lowest BCUT2D eigenvalue weighted by Crippen LogP contribution is -2.44. The van der Waals surface area contributed by atoms with Gasteiger partial charge in [0.1, 0.15) is 5.84 Å². The van der Waals surface area contributed by atoms with E-state index in [0.717, 1.165) is 43.9 Å². The molecule has 8 heteroatoms. The molecule has 0 saturated carbocycles. The number of methoxy groups -OCH3 is 1. The van der Waals surface area contributed by atoms with Gasteiger partial charge in [-0.25, -0.2) is 0 Å². The van der Waals surface area contributed by atoms with E-state index in [2.05, 4.69) is 16.6 Å². The minimum atomic E-state index is -0.557. The molecule has 182 valence electrons. The van der Waals surface area contributed by atoms with E-state index in [4.69, 9.17) is 15.9 Å². The van der Waals surface area contributed by atoms with Crippen molar-refractivity contribution >= 4 is 32.2 Å². The predicted octanol–water partition coefficient (Wildman–Crippen LogP) is 4.38. The van der Waals surface area contributed by atoms with Crippen molar-refractivity contribution in [3.05, 3.63) is 77.7 Å². The van der Waals surface area contributed by atoms with Gasteiger partial charge < -0.3 is 15.8 Å². The lowest BCUT2D eigenvalue weighted by atomic mass is 9.86. The van der Waals surface area contributed by atoms with Crippen LogP contribution >= 0.6 is 8.20 Å². The largest absolute Gasteiger partial charge is 0.469 e. The van der Waals surface area contributed by atoms with Crippen molar-refractivity contribution < 1.29 is 14.3 Å². The zero-order valence-corrected chi connectivity index (χ0v) is 20.8. The highest BCUT2D eigenvalue weighted by Gasteiger charge is 2.31. The Morgan fingerprint density at radius 3 is 2.66 bits per heavy atom. The molecular weight excluding hydrogens is 459 g/mol. The first-order chi connectivity index (χ1) is 16.9. The lowest BCUT2D eigenvalue weighted by Gasteiger charge is -2.27. The SMILES string of the molecule is C=PCCC(NC(=O)c1ccc(-c2cccnc2)cc1)C(CC1=CC(C(=N)N)=CCC1)C(=O)OC. The van der Waals surface area contributed by atoms with E-state index in [-0.39, 0.29) is 17.7 Å². The molecule has 0 aliphatic heterocycles. The Balaban J connectivity index is 1.80. The van der Waals surface area contributed by atoms with Crippen molar-refractivity contribution in [1.82, 2.24) is 10.3 Å². The summed E-state index contributed by atoms with van der Waals surface area (Å²) in [6.45, 7) is 0. The van der Waals surface area contributed by atoms with Gasteiger partial charge in [0.2, 0.25) is 0 Å². The summed E-state index contributed by atoms with van der Waals surface area (Å²) >= 11 is 0. The number of esters is 1. The molecule has 1 aliphatic carbocycles. The summed E-state index contributed by atoms with van der Waals surface area (Å²) in [5, 5.41) is 10.8. The summed E-state index contributed by atoms with van der Waals surface area (Å²) in [7, 11) is 2.30. The van der Waals surface area contributed by atoms with E-state index in [1.165, 1.54) is 7.11 Å². The third-order valence-electron chi connectivity index (χ3n) is 6.03. The van der Waals surface area contributed by atoms with Gasteiger partial charge in [0, 0.05) is 29.6 Å². The number of allylic oxidation sites excluding steroid dienone is 2. The van der Waals surface area contributed by atoms with Crippen molar-refractivity contribution in [1.29, 1.82) is 5.41 Å². The number of hydrogen-bond acceptors (Lipinski definition) is 5. The summed E-state index contributed by atoms with van der Waals surface area (Å²) < 4.78 is 5.12. The fourth-order valence-electron chi connectivity index (χ4n) is 4.14. The molecule has 1 amide bonds. The number of nitrogens with zero attached hydrogens (tertiary/aromatic N) is 1. The number of amides is 1. The van der Waals surface area contributed by atoms with E-state index in [1.54, 1.807) is 24.5 Å². The summed E-state index contributed by atoms with van der Waals surface area (Å²) in [4.78, 5) is 30.1. The van der Waals surface area contributed by atoms with Crippen LogP contribution in [0.5, 0.6) is 0 Å². The van der Waals surface area contributed by atoms with E-state index < -0.39 is 12.0 Å². The Morgan fingerprint density at radius 1 is 1.26 bits per heavy atom. The van der Waals surface area contributed by atoms with Crippen molar-refractivity contribution in [2.45, 2.75) is 31.7 Å². The maximum absolute atomic E-state index is 13.2. The fourth-order valence-corrected chi connectivity index (χ4v) is 4.60. The molecular formula is C27H31N4O3P. The topological polar surface area (TPSA) is 118 Å². The van der Waals surface area contributed by atoms with E-state index in [9.17, 15) is 9.59 Å². The first-order valence-electron chi connectivity index (χ1n) is 11.5. The maximum Gasteiger partial charge on any atom is 0.311 e. The van der Waals surface area contributed by atoms with Crippen LogP contribution in [-0.4, -0.2) is 48.3 Å². The quantitative estimate of drug-likeness (QED) is 0.187. The van der Waals surface area contributed by atoms with Gasteiger partial charge >= 0.3 is 5.97 Å². The van der Waals surface area contributed by atoms with Crippen LogP contribution in [0.15, 0.2) is 72.1 Å². The van der Waals surface area contributed by atoms with E-state index in [0.29, 0.717) is 24.0 Å². The molecule has 3 rings (SSSR count). The Hall–Kier alpha value is -3.57. The van der Waals surface area contributed by atoms with Crippen molar-refractivity contribution in [3.63, 3.8) is 0 Å². The molecule has 1 heterocycles. The van der Waals surface area contributed by atoms with Crippen LogP contribution in [-0.2, 0) is 9.53 Å². The van der Waals surface area contributed by atoms with Crippen LogP contribution in [0.25, 0.3) is 11.1 Å². The first kappa shape index (κ1) is 26.0. The van der Waals surface area contributed by atoms with Crippen LogP contribution in [0, 0.1) is 11.3 Å². The van der Waals surface area contributed by atoms with Gasteiger partial charge in [-0.15, -0.1) is 8.20 Å². The summed E-state index contributed by atoms with van der Waals surface area (Å²) in [5.74, 6) is -1.17. The number of pyridine rings is 1. The highest BCUT2D eigenvalue weighted by Crippen LogP contribution is 2.28. The highest BCUT2D eigenvalue weighted by molar-refractivity contribution is 7.36. The minimum Gasteiger partial charge on any atom is -0.469 e. The molecule has 35 heavy (non-hydrogen) atoms. The molecule has 0 saturated heterocycles. The molecule has 7 nitrogen and oxygen atoms in total. The van der Waals surface area contributed by atoms with Crippen LogP contribution in [0.3, 0.4) is 0 Å². The molecule has 2 unspecified atom stereocenters. The molecule has 4 N–H and O–H groups in total. The van der Waals surface area contributed by atoms with Crippen molar-refractivity contribution in [3.8, 4) is 11.1 Å². The van der Waals surface area contributed by atoms with Crippen LogP contribution < -0.4 is 11.1 Å². The Bertz CT molecular complexity index is 1130. The molecule has 0 radical (unpaired) electrons. The molecule has 0 bridgehead atoms. The van der Waals surface area contributed by atoms with Gasteiger partial charge in [-0.05, 0) is 61.2 Å². The number of nitrogens with two attached hydrogens (primary N) is 1. The molecule has 2 aromatic rings. The van der Waals surface area contributed by atoms with Gasteiger partial charge in [-0.1, -0.05) is 42.2 Å². The Morgan fingerprint density at radius 2 is 2.03 bits per heavy atom. The number of rotatable bonds is 11. The summed E-state index contributed by atoms with van der Waals surface area (Å²) in [6.07, 6.45) is 14.5. The second kappa shape index (κ2) is 12.8. The number of carbonyl (C=O) groups excluding carboxylic acids is 2. The van der Waals surface area contributed by atoms with E-state index >= 15 is 0 Å². The second-order valence-electron chi connectivity index (χ2n) is 8.38. The molecule has 0 fully saturated rings. The van der Waals surface area contributed by atoms with Gasteiger partial charge in [0.25, 0.3) is 5.91 Å². The van der Waals surface area contributed by atoms with Crippen LogP contribution in [0.2, 0.25) is 0 Å². The second-order valence-corrected chi connectivity index (χ2v) is 9.28. The molecule has 1 aliphatic rings. The third-order valence-corrected chi connectivity index (χ3v) is 6.60. The number of nitrogens with one attached hydrogen (secondary N) is 2. The maximum atomic E-state index is 13.2. The van der Waals surface area contributed by atoms with Crippen molar-refractivity contribution in [2.75, 3.05) is 13.3 Å². The Labute approximate surface area is 207 Å². The minimum absolute atomic E-state index is 0.00672. The normalized spacial score (nSPS) is 14.9. The Kier molecular flexibility index (Phi) is 9.50. The smallest absolute Gasteiger partial charge is 0.311 e. The zero-order chi connectivity index (χ0) is 25.2. The first-order valence-corrected chi connectivity index (χ1v) is 12.7. The zero-order valence-electron chi connectivity index (χ0n) is 19.9. The highest BCUT2D eigenvalue weighted by atomic mass is 31.1. The summed E-state index contributed by atoms with van der Waals surface area (Å²) in [5.41, 5.74) is 9.79. The third kappa shape index (κ3) is 7.20. The standard InChI is InChI=1S/C27H31N4O3P/c1-34-27(33)23(16-18-5-3-6-21(15-18)25(28)29)24(12-14-35-2)31-26(32)20-10-8-19(9-11-20)22-7-4-13-30-17-22/h4,6-11,13,15,17,23-24H,2-3,5,12,14,16H2,1H3,(H3,28,29)(H,31,32). The molecule has 0 spiro atoms. The number of carbonyl (C=O) groups is 2. The fraction of sp³-hybridized carbons (Fsp3) is 0.296. The van der Waals surface area contributed by atoms with E-state index in [1.807, 2.05) is 36.4 Å². The average molecular weight is 491 g/mol. The lowest BCUT2D eigenvalue weighted by molar-refractivity contribution is -0.146. The van der Waals surface area contributed by atoms with Gasteiger partial charge in [-0.3, -0.25) is 20.0 Å².